The number of hydrogen-bond acceptors (Lipinski definition) is 3. The van der Waals surface area contributed by atoms with E-state index in [1.165, 1.54) is 12.8 Å². The molecule has 0 amide bonds. The van der Waals surface area contributed by atoms with E-state index in [4.69, 9.17) is 9.47 Å². The van der Waals surface area contributed by atoms with Crippen LogP contribution >= 0.6 is 0 Å². The van der Waals surface area contributed by atoms with E-state index in [1.807, 2.05) is 0 Å². The van der Waals surface area contributed by atoms with Gasteiger partial charge in [0, 0.05) is 25.1 Å². The Morgan fingerprint density at radius 2 is 2.06 bits per heavy atom. The van der Waals surface area contributed by atoms with Crippen LogP contribution in [0, 0.1) is 5.41 Å². The second kappa shape index (κ2) is 6.58. The van der Waals surface area contributed by atoms with Crippen molar-refractivity contribution in [3.63, 3.8) is 0 Å². The summed E-state index contributed by atoms with van der Waals surface area (Å²) in [6, 6.07) is 0. The zero-order chi connectivity index (χ0) is 12.0. The molecule has 3 nitrogen and oxygen atoms in total. The molecule has 1 rings (SSSR count). The van der Waals surface area contributed by atoms with Crippen molar-refractivity contribution >= 4 is 0 Å². The van der Waals surface area contributed by atoms with Gasteiger partial charge in [0.1, 0.15) is 6.73 Å². The number of rotatable bonds is 6. The summed E-state index contributed by atoms with van der Waals surface area (Å²) in [4.78, 5) is 2.36. The van der Waals surface area contributed by atoms with Crippen molar-refractivity contribution in [1.29, 1.82) is 0 Å². The highest BCUT2D eigenvalue weighted by Gasteiger charge is 2.37. The molecule has 0 aromatic carbocycles. The fraction of sp³-hybridized carbons (Fsp3) is 1.00. The second-order valence-electron chi connectivity index (χ2n) is 5.39. The first-order chi connectivity index (χ1) is 7.60. The zero-order valence-corrected chi connectivity index (χ0v) is 11.3. The summed E-state index contributed by atoms with van der Waals surface area (Å²) in [6.07, 6.45) is 3.44. The van der Waals surface area contributed by atoms with Gasteiger partial charge in [0.25, 0.3) is 0 Å². The highest BCUT2D eigenvalue weighted by atomic mass is 16.7. The predicted octanol–water partition coefficient (Wildman–Crippen LogP) is 2.86. The maximum Gasteiger partial charge on any atom is 0.165 e. The Morgan fingerprint density at radius 3 is 2.62 bits per heavy atom. The van der Waals surface area contributed by atoms with E-state index in [1.54, 1.807) is 0 Å². The molecule has 1 fully saturated rings. The van der Waals surface area contributed by atoms with Gasteiger partial charge in [-0.1, -0.05) is 34.1 Å². The van der Waals surface area contributed by atoms with Gasteiger partial charge in [-0.05, 0) is 12.8 Å². The van der Waals surface area contributed by atoms with E-state index in [9.17, 15) is 0 Å². The topological polar surface area (TPSA) is 21.7 Å². The van der Waals surface area contributed by atoms with Crippen molar-refractivity contribution in [3.05, 3.63) is 0 Å². The quantitative estimate of drug-likeness (QED) is 0.654. The molecule has 0 aromatic rings. The van der Waals surface area contributed by atoms with Gasteiger partial charge in [-0.25, -0.2) is 0 Å². The smallest absolute Gasteiger partial charge is 0.165 e. The van der Waals surface area contributed by atoms with Crippen molar-refractivity contribution in [3.8, 4) is 0 Å². The lowest BCUT2D eigenvalue weighted by Crippen LogP contribution is -2.51. The van der Waals surface area contributed by atoms with Gasteiger partial charge in [0.15, 0.2) is 6.29 Å². The van der Waals surface area contributed by atoms with Crippen LogP contribution in [0.15, 0.2) is 0 Å². The number of hydrogen-bond donors (Lipinski definition) is 0. The molecule has 1 saturated heterocycles. The van der Waals surface area contributed by atoms with Crippen LogP contribution in [0.3, 0.4) is 0 Å². The van der Waals surface area contributed by atoms with E-state index >= 15 is 0 Å². The molecule has 0 radical (unpaired) electrons. The monoisotopic (exact) mass is 229 g/mol. The Hall–Kier alpha value is -0.120. The normalized spacial score (nSPS) is 25.9. The van der Waals surface area contributed by atoms with Gasteiger partial charge in [-0.15, -0.1) is 0 Å². The lowest BCUT2D eigenvalue weighted by molar-refractivity contribution is -0.254. The largest absolute Gasteiger partial charge is 0.352 e. The van der Waals surface area contributed by atoms with Crippen LogP contribution in [-0.4, -0.2) is 37.6 Å². The number of nitrogens with zero attached hydrogens (tertiary/aromatic N) is 1. The van der Waals surface area contributed by atoms with E-state index < -0.39 is 0 Å². The molecule has 1 aliphatic rings. The third-order valence-electron chi connectivity index (χ3n) is 2.98. The first-order valence-corrected chi connectivity index (χ1v) is 6.55. The van der Waals surface area contributed by atoms with E-state index in [2.05, 4.69) is 32.6 Å². The fourth-order valence-electron chi connectivity index (χ4n) is 2.16. The summed E-state index contributed by atoms with van der Waals surface area (Å²) in [5.41, 5.74) is 0.0984. The van der Waals surface area contributed by atoms with Crippen LogP contribution in [0.2, 0.25) is 0 Å². The Morgan fingerprint density at radius 1 is 1.31 bits per heavy atom. The number of ether oxygens (including phenoxy) is 2. The SMILES string of the molecule is CCCCOC1OCN(CCC)CC1(C)C. The summed E-state index contributed by atoms with van der Waals surface area (Å²) in [7, 11) is 0. The molecule has 1 atom stereocenters. The first-order valence-electron chi connectivity index (χ1n) is 6.55. The van der Waals surface area contributed by atoms with Gasteiger partial charge < -0.3 is 9.47 Å². The van der Waals surface area contributed by atoms with E-state index in [-0.39, 0.29) is 11.7 Å². The molecule has 0 N–H and O–H groups in total. The molecular weight excluding hydrogens is 202 g/mol. The Bertz CT molecular complexity index is 194. The van der Waals surface area contributed by atoms with Crippen molar-refractivity contribution < 1.29 is 9.47 Å². The third kappa shape index (κ3) is 4.04. The van der Waals surface area contributed by atoms with Crippen LogP contribution in [0.4, 0.5) is 0 Å². The highest BCUT2D eigenvalue weighted by Crippen LogP contribution is 2.30. The molecule has 0 bridgehead atoms. The minimum absolute atomic E-state index is 0.0350. The van der Waals surface area contributed by atoms with Crippen LogP contribution in [0.1, 0.15) is 47.0 Å². The molecular formula is C13H27NO2. The average molecular weight is 229 g/mol. The van der Waals surface area contributed by atoms with Crippen LogP contribution in [0.5, 0.6) is 0 Å². The molecule has 0 aliphatic carbocycles. The molecule has 1 heterocycles. The minimum atomic E-state index is -0.0350. The van der Waals surface area contributed by atoms with E-state index in [0.29, 0.717) is 6.73 Å². The van der Waals surface area contributed by atoms with Gasteiger partial charge >= 0.3 is 0 Å². The second-order valence-corrected chi connectivity index (χ2v) is 5.39. The molecule has 96 valence electrons. The molecule has 1 unspecified atom stereocenters. The minimum Gasteiger partial charge on any atom is -0.352 e. The molecule has 0 aromatic heterocycles. The van der Waals surface area contributed by atoms with Gasteiger partial charge in [-0.3, -0.25) is 4.90 Å². The van der Waals surface area contributed by atoms with Gasteiger partial charge in [-0.2, -0.15) is 0 Å². The van der Waals surface area contributed by atoms with Crippen LogP contribution in [0.25, 0.3) is 0 Å². The van der Waals surface area contributed by atoms with Crippen molar-refractivity contribution in [2.24, 2.45) is 5.41 Å². The van der Waals surface area contributed by atoms with Gasteiger partial charge in [0.2, 0.25) is 0 Å². The standard InChI is InChI=1S/C13H27NO2/c1-5-7-9-15-12-13(3,4)10-14(8-6-2)11-16-12/h12H,5-11H2,1-4H3. The zero-order valence-electron chi connectivity index (χ0n) is 11.3. The Labute approximate surface area is 100 Å². The summed E-state index contributed by atoms with van der Waals surface area (Å²) < 4.78 is 11.6. The van der Waals surface area contributed by atoms with Crippen molar-refractivity contribution in [2.75, 3.05) is 26.4 Å². The maximum absolute atomic E-state index is 5.82. The molecule has 0 saturated carbocycles. The third-order valence-corrected chi connectivity index (χ3v) is 2.98. The predicted molar refractivity (Wildman–Crippen MR) is 66.2 cm³/mol. The molecule has 1 aliphatic heterocycles. The van der Waals surface area contributed by atoms with E-state index in [0.717, 1.165) is 26.1 Å². The maximum atomic E-state index is 5.82. The Kier molecular flexibility index (Phi) is 5.73. The van der Waals surface area contributed by atoms with Crippen molar-refractivity contribution in [2.45, 2.75) is 53.2 Å². The van der Waals surface area contributed by atoms with Crippen LogP contribution in [-0.2, 0) is 9.47 Å². The first kappa shape index (κ1) is 13.9. The van der Waals surface area contributed by atoms with Gasteiger partial charge in [0.05, 0.1) is 0 Å². The average Bonchev–Trinajstić information content (AvgIpc) is 2.21. The van der Waals surface area contributed by atoms with Crippen LogP contribution < -0.4 is 0 Å². The molecule has 3 heteroatoms. The lowest BCUT2D eigenvalue weighted by Gasteiger charge is -2.43. The van der Waals surface area contributed by atoms with Crippen molar-refractivity contribution in [1.82, 2.24) is 4.90 Å². The summed E-state index contributed by atoms with van der Waals surface area (Å²) in [5.74, 6) is 0. The fourth-order valence-corrected chi connectivity index (χ4v) is 2.16. The summed E-state index contributed by atoms with van der Waals surface area (Å²) >= 11 is 0. The Balaban J connectivity index is 2.37. The highest BCUT2D eigenvalue weighted by molar-refractivity contribution is 4.80. The summed E-state index contributed by atoms with van der Waals surface area (Å²) in [6.45, 7) is 12.6. The number of unbranched alkanes of at least 4 members (excludes halogenated alkanes) is 1. The molecule has 16 heavy (non-hydrogen) atoms. The molecule has 0 spiro atoms. The lowest BCUT2D eigenvalue weighted by atomic mass is 9.90. The summed E-state index contributed by atoms with van der Waals surface area (Å²) in [5, 5.41) is 0.